The van der Waals surface area contributed by atoms with Gasteiger partial charge in [-0.1, -0.05) is 19.3 Å². The fourth-order valence-corrected chi connectivity index (χ4v) is 4.76. The molecule has 0 spiro atoms. The first-order valence-electron chi connectivity index (χ1n) is 8.48. The number of nitrogens with two attached hydrogens (primary N) is 1. The van der Waals surface area contributed by atoms with E-state index in [1.54, 1.807) is 11.4 Å². The Kier molecular flexibility index (Phi) is 5.02. The summed E-state index contributed by atoms with van der Waals surface area (Å²) in [7, 11) is 0. The van der Waals surface area contributed by atoms with Gasteiger partial charge in [0.2, 0.25) is 5.91 Å². The molecule has 5 nitrogen and oxygen atoms in total. The van der Waals surface area contributed by atoms with Gasteiger partial charge in [0.1, 0.15) is 5.00 Å². The highest BCUT2D eigenvalue weighted by Crippen LogP contribution is 2.36. The van der Waals surface area contributed by atoms with Crippen molar-refractivity contribution in [2.75, 3.05) is 18.4 Å². The predicted molar refractivity (Wildman–Crippen MR) is 92.6 cm³/mol. The molecular weight excluding hydrogens is 310 g/mol. The van der Waals surface area contributed by atoms with Gasteiger partial charge in [0.25, 0.3) is 5.91 Å². The van der Waals surface area contributed by atoms with E-state index in [2.05, 4.69) is 10.2 Å². The van der Waals surface area contributed by atoms with Gasteiger partial charge < -0.3 is 11.1 Å². The van der Waals surface area contributed by atoms with Crippen LogP contribution in [0.3, 0.4) is 0 Å². The van der Waals surface area contributed by atoms with E-state index in [9.17, 15) is 9.59 Å². The zero-order valence-corrected chi connectivity index (χ0v) is 14.4. The number of carbonyl (C=O) groups is 2. The third-order valence-electron chi connectivity index (χ3n) is 5.42. The summed E-state index contributed by atoms with van der Waals surface area (Å²) in [6.45, 7) is 3.96. The van der Waals surface area contributed by atoms with Gasteiger partial charge in [-0.15, -0.1) is 11.3 Å². The lowest BCUT2D eigenvalue weighted by molar-refractivity contribution is -0.121. The summed E-state index contributed by atoms with van der Waals surface area (Å²) >= 11 is 1.34. The Hall–Kier alpha value is -1.40. The van der Waals surface area contributed by atoms with Crippen LogP contribution >= 0.6 is 11.3 Å². The second-order valence-corrected chi connectivity index (χ2v) is 7.70. The van der Waals surface area contributed by atoms with Gasteiger partial charge >= 0.3 is 0 Å². The summed E-state index contributed by atoms with van der Waals surface area (Å²) in [6.07, 6.45) is 6.55. The second-order valence-electron chi connectivity index (χ2n) is 6.78. The number of hydrogen-bond donors (Lipinski definition) is 2. The first-order valence-corrected chi connectivity index (χ1v) is 9.36. The van der Waals surface area contributed by atoms with Gasteiger partial charge in [0.05, 0.1) is 11.6 Å². The van der Waals surface area contributed by atoms with Crippen LogP contribution in [-0.4, -0.2) is 35.8 Å². The SMILES string of the molecule is C[C@H](C(=O)Nc1sccc1C(N)=O)N1CC[C@H]2CCCC[C@@H]2C1. The van der Waals surface area contributed by atoms with E-state index in [1.807, 2.05) is 6.92 Å². The molecule has 1 aliphatic heterocycles. The van der Waals surface area contributed by atoms with Gasteiger partial charge in [-0.2, -0.15) is 0 Å². The van der Waals surface area contributed by atoms with Crippen molar-refractivity contribution in [2.45, 2.75) is 45.1 Å². The van der Waals surface area contributed by atoms with Gasteiger partial charge in [-0.3, -0.25) is 14.5 Å². The Bertz CT molecular complexity index is 586. The molecule has 0 unspecified atom stereocenters. The minimum Gasteiger partial charge on any atom is -0.366 e. The normalized spacial score (nSPS) is 26.3. The molecule has 1 aromatic rings. The average molecular weight is 335 g/mol. The zero-order chi connectivity index (χ0) is 16.4. The smallest absolute Gasteiger partial charge is 0.251 e. The Morgan fingerprint density at radius 2 is 2.04 bits per heavy atom. The molecule has 2 amide bonds. The van der Waals surface area contributed by atoms with Crippen LogP contribution in [0.4, 0.5) is 5.00 Å². The number of thiophene rings is 1. The molecule has 23 heavy (non-hydrogen) atoms. The quantitative estimate of drug-likeness (QED) is 0.888. The molecule has 0 aromatic carbocycles. The molecule has 126 valence electrons. The molecular formula is C17H25N3O2S. The third-order valence-corrected chi connectivity index (χ3v) is 6.25. The molecule has 0 radical (unpaired) electrons. The summed E-state index contributed by atoms with van der Waals surface area (Å²) in [4.78, 5) is 26.2. The monoisotopic (exact) mass is 335 g/mol. The van der Waals surface area contributed by atoms with Crippen LogP contribution in [0.2, 0.25) is 0 Å². The third kappa shape index (κ3) is 3.58. The van der Waals surface area contributed by atoms with Crippen molar-refractivity contribution in [1.82, 2.24) is 4.90 Å². The van der Waals surface area contributed by atoms with Crippen LogP contribution in [0.15, 0.2) is 11.4 Å². The van der Waals surface area contributed by atoms with Gasteiger partial charge in [0, 0.05) is 6.54 Å². The van der Waals surface area contributed by atoms with E-state index in [1.165, 1.54) is 43.4 Å². The maximum atomic E-state index is 12.5. The number of rotatable bonds is 4. The Balaban J connectivity index is 1.61. The van der Waals surface area contributed by atoms with Crippen LogP contribution in [0.25, 0.3) is 0 Å². The fourth-order valence-electron chi connectivity index (χ4n) is 3.96. The number of hydrogen-bond acceptors (Lipinski definition) is 4. The maximum absolute atomic E-state index is 12.5. The Labute approximate surface area is 141 Å². The van der Waals surface area contributed by atoms with Crippen molar-refractivity contribution in [3.8, 4) is 0 Å². The number of anilines is 1. The molecule has 6 heteroatoms. The minimum absolute atomic E-state index is 0.0517. The number of likely N-dealkylation sites (tertiary alicyclic amines) is 1. The lowest BCUT2D eigenvalue weighted by Gasteiger charge is -2.43. The fraction of sp³-hybridized carbons (Fsp3) is 0.647. The van der Waals surface area contributed by atoms with E-state index < -0.39 is 5.91 Å². The standard InChI is InChI=1S/C17H25N3O2S/c1-11(16(22)19-17-14(15(18)21)7-9-23-17)20-8-6-12-4-2-3-5-13(12)10-20/h7,9,11-13H,2-6,8,10H2,1H3,(H2,18,21)(H,19,22)/t11-,12-,13-/m1/s1. The van der Waals surface area contributed by atoms with Gasteiger partial charge in [-0.25, -0.2) is 0 Å². The van der Waals surface area contributed by atoms with Crippen LogP contribution < -0.4 is 11.1 Å². The summed E-state index contributed by atoms with van der Waals surface area (Å²) in [5.74, 6) is 1.05. The lowest BCUT2D eigenvalue weighted by Crippen LogP contribution is -2.50. The molecule has 1 aromatic heterocycles. The molecule has 2 heterocycles. The number of nitrogens with one attached hydrogen (secondary N) is 1. The van der Waals surface area contributed by atoms with Crippen LogP contribution in [0.1, 0.15) is 49.4 Å². The minimum atomic E-state index is -0.503. The molecule has 1 saturated carbocycles. The van der Waals surface area contributed by atoms with E-state index in [0.29, 0.717) is 10.6 Å². The molecule has 3 N–H and O–H groups in total. The predicted octanol–water partition coefficient (Wildman–Crippen LogP) is 2.69. The van der Waals surface area contributed by atoms with E-state index in [0.717, 1.165) is 24.9 Å². The highest BCUT2D eigenvalue weighted by atomic mass is 32.1. The van der Waals surface area contributed by atoms with Crippen molar-refractivity contribution >= 4 is 28.2 Å². The molecule has 3 rings (SSSR count). The van der Waals surface area contributed by atoms with Crippen molar-refractivity contribution in [1.29, 1.82) is 0 Å². The number of fused-ring (bicyclic) bond motifs is 1. The summed E-state index contributed by atoms with van der Waals surface area (Å²) < 4.78 is 0. The van der Waals surface area contributed by atoms with E-state index in [-0.39, 0.29) is 11.9 Å². The zero-order valence-electron chi connectivity index (χ0n) is 13.6. The number of primary amides is 1. The maximum Gasteiger partial charge on any atom is 0.251 e. The molecule has 1 saturated heterocycles. The van der Waals surface area contributed by atoms with Crippen molar-refractivity contribution < 1.29 is 9.59 Å². The number of nitrogens with zero attached hydrogens (tertiary/aromatic N) is 1. The Morgan fingerprint density at radius 1 is 1.30 bits per heavy atom. The highest BCUT2D eigenvalue weighted by Gasteiger charge is 2.34. The summed E-state index contributed by atoms with van der Waals surface area (Å²) in [5, 5.41) is 5.21. The van der Waals surface area contributed by atoms with Crippen LogP contribution in [-0.2, 0) is 4.79 Å². The molecule has 0 bridgehead atoms. The molecule has 1 aliphatic carbocycles. The van der Waals surface area contributed by atoms with Crippen LogP contribution in [0, 0.1) is 11.8 Å². The molecule has 2 fully saturated rings. The largest absolute Gasteiger partial charge is 0.366 e. The average Bonchev–Trinajstić information content (AvgIpc) is 3.02. The Morgan fingerprint density at radius 3 is 2.78 bits per heavy atom. The lowest BCUT2D eigenvalue weighted by atomic mass is 9.75. The first-order chi connectivity index (χ1) is 11.1. The topological polar surface area (TPSA) is 75.4 Å². The second kappa shape index (κ2) is 7.01. The van der Waals surface area contributed by atoms with Crippen LogP contribution in [0.5, 0.6) is 0 Å². The number of piperidine rings is 1. The van der Waals surface area contributed by atoms with Crippen molar-refractivity contribution in [3.63, 3.8) is 0 Å². The molecule has 3 atom stereocenters. The molecule has 2 aliphatic rings. The summed E-state index contributed by atoms with van der Waals surface area (Å²) in [6, 6.07) is 1.47. The van der Waals surface area contributed by atoms with Gasteiger partial charge in [0.15, 0.2) is 0 Å². The number of amides is 2. The van der Waals surface area contributed by atoms with Gasteiger partial charge in [-0.05, 0) is 49.6 Å². The van der Waals surface area contributed by atoms with E-state index in [4.69, 9.17) is 5.73 Å². The van der Waals surface area contributed by atoms with Crippen molar-refractivity contribution in [3.05, 3.63) is 17.0 Å². The summed E-state index contributed by atoms with van der Waals surface area (Å²) in [5.41, 5.74) is 5.72. The highest BCUT2D eigenvalue weighted by molar-refractivity contribution is 7.14. The number of carbonyl (C=O) groups excluding carboxylic acids is 2. The van der Waals surface area contributed by atoms with E-state index >= 15 is 0 Å². The van der Waals surface area contributed by atoms with Crippen molar-refractivity contribution in [2.24, 2.45) is 17.6 Å². The first kappa shape index (κ1) is 16.5.